The Kier molecular flexibility index (Phi) is 4.67. The molecule has 9 heteroatoms. The largest absolute Gasteiger partial charge is 0.478 e. The molecule has 2 rings (SSSR count). The molecule has 0 bridgehead atoms. The van der Waals surface area contributed by atoms with Crippen LogP contribution in [-0.4, -0.2) is 49.6 Å². The number of primary amides is 1. The number of nitrogens with two attached hydrogens (primary N) is 1. The summed E-state index contributed by atoms with van der Waals surface area (Å²) in [5.41, 5.74) is 5.08. The minimum absolute atomic E-state index is 0.0913. The number of rotatable bonds is 4. The van der Waals surface area contributed by atoms with Crippen LogP contribution in [0, 0.1) is 0 Å². The van der Waals surface area contributed by atoms with Crippen molar-refractivity contribution in [1.29, 1.82) is 0 Å². The van der Waals surface area contributed by atoms with Crippen LogP contribution >= 0.6 is 0 Å². The van der Waals surface area contributed by atoms with E-state index in [9.17, 15) is 18.0 Å². The van der Waals surface area contributed by atoms with Gasteiger partial charge in [0.15, 0.2) is 0 Å². The van der Waals surface area contributed by atoms with Crippen LogP contribution in [0.15, 0.2) is 29.2 Å². The normalized spacial score (nSPS) is 16.5. The van der Waals surface area contributed by atoms with Gasteiger partial charge in [-0.3, -0.25) is 0 Å². The van der Waals surface area contributed by atoms with Gasteiger partial charge in [-0.1, -0.05) is 6.07 Å². The van der Waals surface area contributed by atoms with Crippen molar-refractivity contribution in [2.75, 3.05) is 13.1 Å². The standard InChI is InChI=1S/C13H17N3O5S/c14-13(19)16-6-4-10(5-7-16)15-22(20,21)11-3-1-2-9(8-11)12(17)18/h1-3,8,10,15H,4-7H2,(H2,14,19)(H,17,18). The fourth-order valence-corrected chi connectivity index (χ4v) is 3.65. The highest BCUT2D eigenvalue weighted by atomic mass is 32.2. The second-order valence-electron chi connectivity index (χ2n) is 5.05. The first-order valence-electron chi connectivity index (χ1n) is 6.69. The Labute approximate surface area is 128 Å². The first kappa shape index (κ1) is 16.2. The predicted molar refractivity (Wildman–Crippen MR) is 77.9 cm³/mol. The number of carboxylic acids is 1. The number of amides is 2. The molecule has 0 unspecified atom stereocenters. The van der Waals surface area contributed by atoms with Crippen molar-refractivity contribution in [2.24, 2.45) is 5.73 Å². The minimum atomic E-state index is -3.80. The number of benzene rings is 1. The molecule has 120 valence electrons. The third-order valence-corrected chi connectivity index (χ3v) is 5.04. The first-order chi connectivity index (χ1) is 10.3. The Morgan fingerprint density at radius 1 is 1.27 bits per heavy atom. The lowest BCUT2D eigenvalue weighted by molar-refractivity contribution is 0.0696. The summed E-state index contributed by atoms with van der Waals surface area (Å²) in [5, 5.41) is 8.91. The maximum atomic E-state index is 12.3. The zero-order valence-corrected chi connectivity index (χ0v) is 12.5. The van der Waals surface area contributed by atoms with Crippen LogP contribution in [0.3, 0.4) is 0 Å². The number of carbonyl (C=O) groups excluding carboxylic acids is 1. The molecule has 8 nitrogen and oxygen atoms in total. The topological polar surface area (TPSA) is 130 Å². The molecule has 0 radical (unpaired) electrons. The highest BCUT2D eigenvalue weighted by Gasteiger charge is 2.26. The first-order valence-corrected chi connectivity index (χ1v) is 8.18. The monoisotopic (exact) mass is 327 g/mol. The van der Waals surface area contributed by atoms with Gasteiger partial charge in [0.1, 0.15) is 0 Å². The second kappa shape index (κ2) is 6.32. The predicted octanol–water partition coefficient (Wildman–Crippen LogP) is 0.206. The van der Waals surface area contributed by atoms with Crippen LogP contribution in [0.5, 0.6) is 0 Å². The van der Waals surface area contributed by atoms with E-state index in [-0.39, 0.29) is 16.5 Å². The summed E-state index contributed by atoms with van der Waals surface area (Å²) in [7, 11) is -3.80. The molecule has 0 aliphatic carbocycles. The van der Waals surface area contributed by atoms with Crippen molar-refractivity contribution in [3.8, 4) is 0 Å². The van der Waals surface area contributed by atoms with Crippen LogP contribution in [0.1, 0.15) is 23.2 Å². The highest BCUT2D eigenvalue weighted by Crippen LogP contribution is 2.16. The van der Waals surface area contributed by atoms with Crippen molar-refractivity contribution >= 4 is 22.0 Å². The molecular formula is C13H17N3O5S. The second-order valence-corrected chi connectivity index (χ2v) is 6.77. The van der Waals surface area contributed by atoms with Crippen LogP contribution in [0.25, 0.3) is 0 Å². The van der Waals surface area contributed by atoms with Crippen LogP contribution in [0.2, 0.25) is 0 Å². The molecule has 1 aliphatic rings. The average molecular weight is 327 g/mol. The molecule has 0 aromatic heterocycles. The zero-order chi connectivity index (χ0) is 16.3. The Hall–Kier alpha value is -2.13. The zero-order valence-electron chi connectivity index (χ0n) is 11.7. The van der Waals surface area contributed by atoms with Gasteiger partial charge in [-0.15, -0.1) is 0 Å². The van der Waals surface area contributed by atoms with Crippen LogP contribution in [0.4, 0.5) is 4.79 Å². The maximum absolute atomic E-state index is 12.3. The molecule has 2 amide bonds. The number of hydrogen-bond acceptors (Lipinski definition) is 4. The molecule has 0 atom stereocenters. The number of hydrogen-bond donors (Lipinski definition) is 3. The summed E-state index contributed by atoms with van der Waals surface area (Å²) in [6.45, 7) is 0.773. The summed E-state index contributed by atoms with van der Waals surface area (Å²) >= 11 is 0. The fourth-order valence-electron chi connectivity index (χ4n) is 2.30. The van der Waals surface area contributed by atoms with E-state index in [0.29, 0.717) is 25.9 Å². The van der Waals surface area contributed by atoms with Crippen molar-refractivity contribution in [1.82, 2.24) is 9.62 Å². The van der Waals surface area contributed by atoms with Gasteiger partial charge < -0.3 is 15.7 Å². The highest BCUT2D eigenvalue weighted by molar-refractivity contribution is 7.89. The van der Waals surface area contributed by atoms with Crippen LogP contribution < -0.4 is 10.5 Å². The van der Waals surface area contributed by atoms with E-state index >= 15 is 0 Å². The van der Waals surface area contributed by atoms with Crippen molar-refractivity contribution in [3.63, 3.8) is 0 Å². The molecule has 4 N–H and O–H groups in total. The van der Waals surface area contributed by atoms with E-state index in [1.54, 1.807) is 0 Å². The Morgan fingerprint density at radius 3 is 2.45 bits per heavy atom. The third kappa shape index (κ3) is 3.74. The summed E-state index contributed by atoms with van der Waals surface area (Å²) in [5.74, 6) is -1.19. The Bertz CT molecular complexity index is 681. The van der Waals surface area contributed by atoms with Crippen molar-refractivity contribution in [2.45, 2.75) is 23.8 Å². The molecule has 1 fully saturated rings. The number of nitrogens with zero attached hydrogens (tertiary/aromatic N) is 1. The van der Waals surface area contributed by atoms with Gasteiger partial charge in [0.2, 0.25) is 10.0 Å². The molecule has 1 aromatic rings. The van der Waals surface area contributed by atoms with Crippen molar-refractivity contribution < 1.29 is 23.1 Å². The molecule has 0 spiro atoms. The number of nitrogens with one attached hydrogen (secondary N) is 1. The molecule has 0 saturated carbocycles. The number of carboxylic acid groups (broad SMARTS) is 1. The van der Waals surface area contributed by atoms with Gasteiger partial charge in [-0.05, 0) is 31.0 Å². The molecule has 1 saturated heterocycles. The van der Waals surface area contributed by atoms with E-state index in [1.807, 2.05) is 0 Å². The van der Waals surface area contributed by atoms with Crippen molar-refractivity contribution in [3.05, 3.63) is 29.8 Å². The summed E-state index contributed by atoms with van der Waals surface area (Å²) < 4.78 is 27.1. The van der Waals surface area contributed by atoms with Gasteiger partial charge in [-0.2, -0.15) is 0 Å². The SMILES string of the molecule is NC(=O)N1CCC(NS(=O)(=O)c2cccc(C(=O)O)c2)CC1. The van der Waals surface area contributed by atoms with Gasteiger partial charge in [0.05, 0.1) is 10.5 Å². The summed E-state index contributed by atoms with van der Waals surface area (Å²) in [6.07, 6.45) is 0.918. The van der Waals surface area contributed by atoms with E-state index in [0.717, 1.165) is 6.07 Å². The fraction of sp³-hybridized carbons (Fsp3) is 0.385. The lowest BCUT2D eigenvalue weighted by Crippen LogP contribution is -2.48. The number of aromatic carboxylic acids is 1. The average Bonchev–Trinajstić information content (AvgIpc) is 2.47. The molecule has 22 heavy (non-hydrogen) atoms. The van der Waals surface area contributed by atoms with Gasteiger partial charge in [0.25, 0.3) is 0 Å². The lowest BCUT2D eigenvalue weighted by Gasteiger charge is -2.30. The smallest absolute Gasteiger partial charge is 0.335 e. The molecular weight excluding hydrogens is 310 g/mol. The number of sulfonamides is 1. The van der Waals surface area contributed by atoms with E-state index in [4.69, 9.17) is 10.8 Å². The molecule has 1 heterocycles. The third-order valence-electron chi connectivity index (χ3n) is 3.52. The van der Waals surface area contributed by atoms with E-state index in [2.05, 4.69) is 4.72 Å². The quantitative estimate of drug-likeness (QED) is 0.727. The molecule has 1 aromatic carbocycles. The van der Waals surface area contributed by atoms with Gasteiger partial charge >= 0.3 is 12.0 Å². The van der Waals surface area contributed by atoms with Crippen LogP contribution in [-0.2, 0) is 10.0 Å². The van der Waals surface area contributed by atoms with Gasteiger partial charge in [0, 0.05) is 19.1 Å². The number of urea groups is 1. The Balaban J connectivity index is 2.07. The molecule has 1 aliphatic heterocycles. The van der Waals surface area contributed by atoms with E-state index in [1.165, 1.54) is 23.1 Å². The Morgan fingerprint density at radius 2 is 1.91 bits per heavy atom. The number of carbonyl (C=O) groups is 2. The van der Waals surface area contributed by atoms with Gasteiger partial charge in [-0.25, -0.2) is 22.7 Å². The summed E-state index contributed by atoms with van der Waals surface area (Å²) in [6, 6.07) is 4.33. The summed E-state index contributed by atoms with van der Waals surface area (Å²) in [4.78, 5) is 23.3. The van der Waals surface area contributed by atoms with E-state index < -0.39 is 22.0 Å². The lowest BCUT2D eigenvalue weighted by atomic mass is 10.1. The number of likely N-dealkylation sites (tertiary alicyclic amines) is 1. The number of piperidine rings is 1. The minimum Gasteiger partial charge on any atom is -0.478 e. The maximum Gasteiger partial charge on any atom is 0.335 e.